The van der Waals surface area contributed by atoms with Crippen LogP contribution in [0.3, 0.4) is 0 Å². The highest BCUT2D eigenvalue weighted by atomic mass is 19.1. The molecule has 2 aromatic rings. The maximum atomic E-state index is 13.3. The first-order valence-electron chi connectivity index (χ1n) is 5.18. The average Bonchev–Trinajstić information content (AvgIpc) is 2.64. The predicted molar refractivity (Wildman–Crippen MR) is 60.3 cm³/mol. The molecule has 1 aromatic heterocycles. The van der Waals surface area contributed by atoms with Gasteiger partial charge in [0.25, 0.3) is 5.91 Å². The molecule has 0 bridgehead atoms. The molecule has 6 heteroatoms. The van der Waals surface area contributed by atoms with Gasteiger partial charge in [-0.15, -0.1) is 0 Å². The third kappa shape index (κ3) is 2.22. The molecule has 0 aliphatic rings. The first-order valence-corrected chi connectivity index (χ1v) is 5.18. The molecule has 1 N–H and O–H groups in total. The number of rotatable bonds is 2. The highest BCUT2D eigenvalue weighted by molar-refractivity contribution is 6.03. The van der Waals surface area contributed by atoms with Crippen LogP contribution in [-0.4, -0.2) is 11.1 Å². The maximum Gasteiger partial charge on any atom is 0.278 e. The van der Waals surface area contributed by atoms with E-state index in [1.807, 2.05) is 0 Å². The summed E-state index contributed by atoms with van der Waals surface area (Å²) >= 11 is 0. The topological polar surface area (TPSA) is 55.1 Å². The fourth-order valence-corrected chi connectivity index (χ4v) is 1.40. The molecule has 0 aliphatic heterocycles. The lowest BCUT2D eigenvalue weighted by Gasteiger charge is -2.04. The van der Waals surface area contributed by atoms with E-state index < -0.39 is 17.5 Å². The van der Waals surface area contributed by atoms with Crippen molar-refractivity contribution in [1.82, 2.24) is 5.16 Å². The molecule has 0 fully saturated rings. The summed E-state index contributed by atoms with van der Waals surface area (Å²) < 4.78 is 30.9. The molecule has 0 radical (unpaired) electrons. The van der Waals surface area contributed by atoms with Crippen LogP contribution in [0.1, 0.15) is 21.8 Å². The van der Waals surface area contributed by atoms with Crippen LogP contribution >= 0.6 is 0 Å². The molecule has 18 heavy (non-hydrogen) atoms. The summed E-state index contributed by atoms with van der Waals surface area (Å²) in [6, 6.07) is 2.89. The third-order valence-corrected chi connectivity index (χ3v) is 2.55. The number of halogens is 2. The minimum atomic E-state index is -0.846. The molecular formula is C12H10F2N2O2. The molecule has 1 amide bonds. The zero-order chi connectivity index (χ0) is 13.3. The van der Waals surface area contributed by atoms with E-state index in [0.717, 1.165) is 12.1 Å². The standard InChI is InChI=1S/C12H10F2N2O2/c1-6-7(2)18-16-11(6)12(17)15-10-4-3-8(13)5-9(10)14/h3-5H,1-2H3,(H,15,17). The van der Waals surface area contributed by atoms with Crippen LogP contribution in [-0.2, 0) is 0 Å². The van der Waals surface area contributed by atoms with Crippen LogP contribution in [0.15, 0.2) is 22.7 Å². The molecule has 4 nitrogen and oxygen atoms in total. The SMILES string of the molecule is Cc1onc(C(=O)Nc2ccc(F)cc2F)c1C. The molecule has 0 unspecified atom stereocenters. The van der Waals surface area contributed by atoms with E-state index in [-0.39, 0.29) is 11.4 Å². The van der Waals surface area contributed by atoms with Crippen LogP contribution in [0.2, 0.25) is 0 Å². The normalized spacial score (nSPS) is 10.4. The van der Waals surface area contributed by atoms with Gasteiger partial charge < -0.3 is 9.84 Å². The van der Waals surface area contributed by atoms with Crippen molar-refractivity contribution in [2.75, 3.05) is 5.32 Å². The van der Waals surface area contributed by atoms with Crippen molar-refractivity contribution in [2.24, 2.45) is 0 Å². The van der Waals surface area contributed by atoms with Gasteiger partial charge in [0.05, 0.1) is 5.69 Å². The average molecular weight is 252 g/mol. The van der Waals surface area contributed by atoms with E-state index in [1.165, 1.54) is 0 Å². The van der Waals surface area contributed by atoms with Gasteiger partial charge in [0.1, 0.15) is 17.4 Å². The Bertz CT molecular complexity index is 608. The molecule has 0 saturated carbocycles. The summed E-state index contributed by atoms with van der Waals surface area (Å²) in [7, 11) is 0. The number of benzene rings is 1. The highest BCUT2D eigenvalue weighted by Gasteiger charge is 2.17. The Balaban J connectivity index is 2.24. The van der Waals surface area contributed by atoms with Crippen LogP contribution in [0.5, 0.6) is 0 Å². The monoisotopic (exact) mass is 252 g/mol. The quantitative estimate of drug-likeness (QED) is 0.894. The number of nitrogens with one attached hydrogen (secondary N) is 1. The Kier molecular flexibility index (Phi) is 3.10. The number of aromatic nitrogens is 1. The molecule has 1 aromatic carbocycles. The van der Waals surface area contributed by atoms with Gasteiger partial charge >= 0.3 is 0 Å². The van der Waals surface area contributed by atoms with E-state index in [2.05, 4.69) is 10.5 Å². The summed E-state index contributed by atoms with van der Waals surface area (Å²) in [5, 5.41) is 5.88. The predicted octanol–water partition coefficient (Wildman–Crippen LogP) is 2.82. The molecule has 0 aliphatic carbocycles. The van der Waals surface area contributed by atoms with Gasteiger partial charge in [-0.1, -0.05) is 5.16 Å². The lowest BCUT2D eigenvalue weighted by molar-refractivity contribution is 0.101. The minimum Gasteiger partial charge on any atom is -0.361 e. The number of hydrogen-bond acceptors (Lipinski definition) is 3. The summed E-state index contributed by atoms with van der Waals surface area (Å²) in [4.78, 5) is 11.8. The van der Waals surface area contributed by atoms with Crippen molar-refractivity contribution in [3.05, 3.63) is 46.9 Å². The largest absolute Gasteiger partial charge is 0.361 e. The zero-order valence-corrected chi connectivity index (χ0v) is 9.75. The van der Waals surface area contributed by atoms with E-state index in [0.29, 0.717) is 17.4 Å². The fourth-order valence-electron chi connectivity index (χ4n) is 1.40. The van der Waals surface area contributed by atoms with Gasteiger partial charge in [0, 0.05) is 11.6 Å². The highest BCUT2D eigenvalue weighted by Crippen LogP contribution is 2.17. The molecule has 94 valence electrons. The van der Waals surface area contributed by atoms with E-state index in [9.17, 15) is 13.6 Å². The minimum absolute atomic E-state index is 0.0798. The second-order valence-corrected chi connectivity index (χ2v) is 3.79. The number of aryl methyl sites for hydroxylation is 1. The molecular weight excluding hydrogens is 242 g/mol. The second kappa shape index (κ2) is 4.56. The summed E-state index contributed by atoms with van der Waals surface area (Å²) in [5.74, 6) is -1.64. The van der Waals surface area contributed by atoms with Crippen molar-refractivity contribution in [2.45, 2.75) is 13.8 Å². The molecule has 0 atom stereocenters. The van der Waals surface area contributed by atoms with Gasteiger partial charge in [-0.05, 0) is 26.0 Å². The molecule has 1 heterocycles. The molecule has 0 saturated heterocycles. The third-order valence-electron chi connectivity index (χ3n) is 2.55. The van der Waals surface area contributed by atoms with E-state index in [1.54, 1.807) is 13.8 Å². The number of carbonyl (C=O) groups is 1. The van der Waals surface area contributed by atoms with Gasteiger partial charge in [0.2, 0.25) is 0 Å². The number of anilines is 1. The first kappa shape index (κ1) is 12.2. The zero-order valence-electron chi connectivity index (χ0n) is 9.75. The van der Waals surface area contributed by atoms with E-state index >= 15 is 0 Å². The Morgan fingerprint density at radius 3 is 2.61 bits per heavy atom. The Morgan fingerprint density at radius 2 is 2.06 bits per heavy atom. The summed E-state index contributed by atoms with van der Waals surface area (Å²) in [6.07, 6.45) is 0. The van der Waals surface area contributed by atoms with Crippen molar-refractivity contribution >= 4 is 11.6 Å². The van der Waals surface area contributed by atoms with Gasteiger partial charge in [-0.2, -0.15) is 0 Å². The van der Waals surface area contributed by atoms with Crippen LogP contribution < -0.4 is 5.32 Å². The second-order valence-electron chi connectivity index (χ2n) is 3.79. The van der Waals surface area contributed by atoms with Gasteiger partial charge in [-0.3, -0.25) is 4.79 Å². The summed E-state index contributed by atoms with van der Waals surface area (Å²) in [5.41, 5.74) is 0.549. The lowest BCUT2D eigenvalue weighted by atomic mass is 10.2. The lowest BCUT2D eigenvalue weighted by Crippen LogP contribution is -2.14. The molecule has 0 spiro atoms. The fraction of sp³-hybridized carbons (Fsp3) is 0.167. The van der Waals surface area contributed by atoms with Crippen molar-refractivity contribution in [3.63, 3.8) is 0 Å². The van der Waals surface area contributed by atoms with Gasteiger partial charge in [-0.25, -0.2) is 8.78 Å². The van der Waals surface area contributed by atoms with Crippen LogP contribution in [0, 0.1) is 25.5 Å². The Labute approximate surface area is 102 Å². The molecule has 2 rings (SSSR count). The Hall–Kier alpha value is -2.24. The van der Waals surface area contributed by atoms with Crippen molar-refractivity contribution in [1.29, 1.82) is 0 Å². The van der Waals surface area contributed by atoms with Gasteiger partial charge in [0.15, 0.2) is 5.69 Å². The number of hydrogen-bond donors (Lipinski definition) is 1. The van der Waals surface area contributed by atoms with Crippen LogP contribution in [0.4, 0.5) is 14.5 Å². The Morgan fingerprint density at radius 1 is 1.33 bits per heavy atom. The van der Waals surface area contributed by atoms with Crippen molar-refractivity contribution in [3.8, 4) is 0 Å². The number of nitrogens with zero attached hydrogens (tertiary/aromatic N) is 1. The summed E-state index contributed by atoms with van der Waals surface area (Å²) in [6.45, 7) is 3.33. The first-order chi connectivity index (χ1) is 8.49. The smallest absolute Gasteiger partial charge is 0.278 e. The van der Waals surface area contributed by atoms with Crippen LogP contribution in [0.25, 0.3) is 0 Å². The maximum absolute atomic E-state index is 13.3. The number of carbonyl (C=O) groups excluding carboxylic acids is 1. The van der Waals surface area contributed by atoms with Crippen molar-refractivity contribution < 1.29 is 18.1 Å². The van der Waals surface area contributed by atoms with E-state index in [4.69, 9.17) is 4.52 Å². The number of amides is 1.